The third-order valence-electron chi connectivity index (χ3n) is 3.17. The first-order chi connectivity index (χ1) is 7.66. The second-order valence-electron chi connectivity index (χ2n) is 4.36. The smallest absolute Gasteiger partial charge is 0.251 e. The summed E-state index contributed by atoms with van der Waals surface area (Å²) in [6, 6.07) is 3.81. The van der Waals surface area contributed by atoms with Crippen LogP contribution in [0.3, 0.4) is 0 Å². The summed E-state index contributed by atoms with van der Waals surface area (Å²) < 4.78 is 0.694. The quantitative estimate of drug-likeness (QED) is 0.848. The van der Waals surface area contributed by atoms with Gasteiger partial charge in [0.2, 0.25) is 0 Å². The van der Waals surface area contributed by atoms with E-state index < -0.39 is 0 Å². The number of hydrogen-bond donors (Lipinski definition) is 1. The predicted octanol–water partition coefficient (Wildman–Crippen LogP) is 2.76. The maximum absolute atomic E-state index is 11.9. The molecule has 1 aromatic heterocycles. The highest BCUT2D eigenvalue weighted by Crippen LogP contribution is 2.25. The first-order valence-corrected chi connectivity index (χ1v) is 6.38. The fraction of sp³-hybridized carbons (Fsp3) is 0.500. The van der Waals surface area contributed by atoms with Crippen LogP contribution in [-0.2, 0) is 0 Å². The lowest BCUT2D eigenvalue weighted by molar-refractivity contribution is 0.0929. The Kier molecular flexibility index (Phi) is 3.59. The topological polar surface area (TPSA) is 42.0 Å². The van der Waals surface area contributed by atoms with Crippen LogP contribution in [0.2, 0.25) is 0 Å². The zero-order chi connectivity index (χ0) is 11.5. The van der Waals surface area contributed by atoms with Gasteiger partial charge in [-0.2, -0.15) is 0 Å². The van der Waals surface area contributed by atoms with Gasteiger partial charge in [-0.3, -0.25) is 4.79 Å². The van der Waals surface area contributed by atoms with Gasteiger partial charge in [0.1, 0.15) is 4.60 Å². The number of halogens is 1. The molecule has 0 saturated heterocycles. The van der Waals surface area contributed by atoms with Crippen molar-refractivity contribution in [3.63, 3.8) is 0 Å². The molecule has 2 atom stereocenters. The standard InChI is InChI=1S/C12H15BrN2O/c1-8-3-2-4-10(8)15-12(16)9-5-6-14-11(13)7-9/h5-8,10H,2-4H2,1H3,(H,15,16). The average Bonchev–Trinajstić information content (AvgIpc) is 2.64. The Balaban J connectivity index is 2.03. The van der Waals surface area contributed by atoms with Crippen molar-refractivity contribution < 1.29 is 4.79 Å². The minimum absolute atomic E-state index is 0.00171. The second-order valence-corrected chi connectivity index (χ2v) is 5.17. The van der Waals surface area contributed by atoms with Crippen LogP contribution in [0.25, 0.3) is 0 Å². The van der Waals surface area contributed by atoms with Crippen molar-refractivity contribution in [2.75, 3.05) is 0 Å². The number of rotatable bonds is 2. The van der Waals surface area contributed by atoms with E-state index in [0.717, 1.165) is 6.42 Å². The summed E-state index contributed by atoms with van der Waals surface area (Å²) in [5.41, 5.74) is 0.668. The molecule has 0 bridgehead atoms. The van der Waals surface area contributed by atoms with E-state index in [2.05, 4.69) is 33.2 Å². The van der Waals surface area contributed by atoms with E-state index in [0.29, 0.717) is 22.1 Å². The van der Waals surface area contributed by atoms with Crippen molar-refractivity contribution in [3.05, 3.63) is 28.5 Å². The highest BCUT2D eigenvalue weighted by molar-refractivity contribution is 9.10. The molecule has 1 aliphatic carbocycles. The van der Waals surface area contributed by atoms with Crippen molar-refractivity contribution in [3.8, 4) is 0 Å². The number of amides is 1. The van der Waals surface area contributed by atoms with E-state index in [1.54, 1.807) is 18.3 Å². The molecule has 2 rings (SSSR count). The number of nitrogens with zero attached hydrogens (tertiary/aromatic N) is 1. The molecule has 2 unspecified atom stereocenters. The van der Waals surface area contributed by atoms with Crippen molar-refractivity contribution in [1.29, 1.82) is 0 Å². The Bertz CT molecular complexity index is 394. The fourth-order valence-corrected chi connectivity index (χ4v) is 2.52. The van der Waals surface area contributed by atoms with Gasteiger partial charge in [-0.25, -0.2) is 4.98 Å². The van der Waals surface area contributed by atoms with Crippen molar-refractivity contribution in [2.24, 2.45) is 5.92 Å². The van der Waals surface area contributed by atoms with Gasteiger partial charge < -0.3 is 5.32 Å². The Morgan fingerprint density at radius 2 is 2.38 bits per heavy atom. The van der Waals surface area contributed by atoms with Crippen molar-refractivity contribution >= 4 is 21.8 Å². The van der Waals surface area contributed by atoms with Crippen molar-refractivity contribution in [2.45, 2.75) is 32.2 Å². The summed E-state index contributed by atoms with van der Waals surface area (Å²) in [6.07, 6.45) is 5.16. The Hall–Kier alpha value is -0.900. The first-order valence-electron chi connectivity index (χ1n) is 5.59. The third-order valence-corrected chi connectivity index (χ3v) is 3.60. The average molecular weight is 283 g/mol. The molecule has 86 valence electrons. The molecule has 4 heteroatoms. The number of carbonyl (C=O) groups is 1. The number of aromatic nitrogens is 1. The zero-order valence-corrected chi connectivity index (χ0v) is 10.8. The predicted molar refractivity (Wildman–Crippen MR) is 66.2 cm³/mol. The summed E-state index contributed by atoms with van der Waals surface area (Å²) in [5.74, 6) is 0.594. The molecule has 0 radical (unpaired) electrons. The van der Waals surface area contributed by atoms with Crippen LogP contribution < -0.4 is 5.32 Å². The van der Waals surface area contributed by atoms with Crippen LogP contribution in [-0.4, -0.2) is 16.9 Å². The normalized spacial score (nSPS) is 24.4. The van der Waals surface area contributed by atoms with Gasteiger partial charge in [0.05, 0.1) is 0 Å². The largest absolute Gasteiger partial charge is 0.349 e. The summed E-state index contributed by atoms with van der Waals surface area (Å²) in [5, 5.41) is 3.08. The van der Waals surface area contributed by atoms with Gasteiger partial charge in [0, 0.05) is 17.8 Å². The van der Waals surface area contributed by atoms with Gasteiger partial charge in [0.15, 0.2) is 0 Å². The van der Waals surface area contributed by atoms with Gasteiger partial charge in [-0.1, -0.05) is 13.3 Å². The van der Waals surface area contributed by atoms with E-state index >= 15 is 0 Å². The van der Waals surface area contributed by atoms with Gasteiger partial charge >= 0.3 is 0 Å². The molecule has 1 aromatic rings. The van der Waals surface area contributed by atoms with E-state index in [1.165, 1.54) is 12.8 Å². The van der Waals surface area contributed by atoms with Gasteiger partial charge in [-0.15, -0.1) is 0 Å². The molecule has 0 aromatic carbocycles. The fourth-order valence-electron chi connectivity index (χ4n) is 2.16. The van der Waals surface area contributed by atoms with E-state index in [1.807, 2.05) is 0 Å². The molecule has 1 aliphatic rings. The van der Waals surface area contributed by atoms with Crippen molar-refractivity contribution in [1.82, 2.24) is 10.3 Å². The maximum atomic E-state index is 11.9. The minimum Gasteiger partial charge on any atom is -0.349 e. The van der Waals surface area contributed by atoms with Gasteiger partial charge in [-0.05, 0) is 46.8 Å². The molecule has 0 spiro atoms. The molecule has 1 amide bonds. The van der Waals surface area contributed by atoms with Crippen LogP contribution in [0, 0.1) is 5.92 Å². The van der Waals surface area contributed by atoms with Crippen LogP contribution in [0.4, 0.5) is 0 Å². The van der Waals surface area contributed by atoms with E-state index in [4.69, 9.17) is 0 Å². The molecule has 3 nitrogen and oxygen atoms in total. The summed E-state index contributed by atoms with van der Waals surface area (Å²) in [6.45, 7) is 2.19. The summed E-state index contributed by atoms with van der Waals surface area (Å²) in [7, 11) is 0. The Labute approximate surface area is 104 Å². The number of hydrogen-bond acceptors (Lipinski definition) is 2. The minimum atomic E-state index is 0.00171. The number of pyridine rings is 1. The van der Waals surface area contributed by atoms with E-state index in [-0.39, 0.29) is 5.91 Å². The Morgan fingerprint density at radius 1 is 1.56 bits per heavy atom. The summed E-state index contributed by atoms with van der Waals surface area (Å²) in [4.78, 5) is 15.9. The highest BCUT2D eigenvalue weighted by atomic mass is 79.9. The molecule has 1 N–H and O–H groups in total. The number of nitrogens with one attached hydrogen (secondary N) is 1. The van der Waals surface area contributed by atoms with Gasteiger partial charge in [0.25, 0.3) is 5.91 Å². The molecule has 1 saturated carbocycles. The second kappa shape index (κ2) is 4.95. The maximum Gasteiger partial charge on any atom is 0.251 e. The Morgan fingerprint density at radius 3 is 3.00 bits per heavy atom. The monoisotopic (exact) mass is 282 g/mol. The lowest BCUT2D eigenvalue weighted by atomic mass is 10.1. The molecular formula is C12H15BrN2O. The highest BCUT2D eigenvalue weighted by Gasteiger charge is 2.25. The molecule has 1 heterocycles. The van der Waals surface area contributed by atoms with E-state index in [9.17, 15) is 4.79 Å². The zero-order valence-electron chi connectivity index (χ0n) is 9.24. The lowest BCUT2D eigenvalue weighted by Gasteiger charge is -2.17. The van der Waals surface area contributed by atoms with Crippen LogP contribution in [0.1, 0.15) is 36.5 Å². The lowest BCUT2D eigenvalue weighted by Crippen LogP contribution is -2.36. The molecule has 1 fully saturated rings. The summed E-state index contributed by atoms with van der Waals surface area (Å²) >= 11 is 3.26. The van der Waals surface area contributed by atoms with Crippen LogP contribution in [0.15, 0.2) is 22.9 Å². The molecule has 16 heavy (non-hydrogen) atoms. The van der Waals surface area contributed by atoms with Crippen LogP contribution in [0.5, 0.6) is 0 Å². The number of carbonyl (C=O) groups excluding carboxylic acids is 1. The molecular weight excluding hydrogens is 268 g/mol. The SMILES string of the molecule is CC1CCCC1NC(=O)c1ccnc(Br)c1. The molecule has 0 aliphatic heterocycles. The van der Waals surface area contributed by atoms with Crippen LogP contribution >= 0.6 is 15.9 Å². The third kappa shape index (κ3) is 2.61. The first kappa shape index (κ1) is 11.6.